The summed E-state index contributed by atoms with van der Waals surface area (Å²) < 4.78 is 0. The van der Waals surface area contributed by atoms with Gasteiger partial charge in [0.1, 0.15) is 0 Å². The van der Waals surface area contributed by atoms with Crippen LogP contribution in [-0.4, -0.2) is 0 Å². The van der Waals surface area contributed by atoms with Gasteiger partial charge in [0.2, 0.25) is 0 Å². The Balaban J connectivity index is 2.23. The van der Waals surface area contributed by atoms with Crippen molar-refractivity contribution in [2.45, 2.75) is 52.9 Å². The van der Waals surface area contributed by atoms with E-state index in [1.165, 1.54) is 36.8 Å². The van der Waals surface area contributed by atoms with Gasteiger partial charge in [0, 0.05) is 0 Å². The van der Waals surface area contributed by atoms with E-state index in [1.807, 2.05) is 0 Å². The average Bonchev–Trinajstić information content (AvgIpc) is 2.44. The lowest BCUT2D eigenvalue weighted by Gasteiger charge is -2.36. The quantitative estimate of drug-likeness (QED) is 0.618. The molecule has 0 nitrogen and oxygen atoms in total. The second-order valence-electron chi connectivity index (χ2n) is 6.34. The molecule has 0 heteroatoms. The molecular formula is C20H28. The van der Waals surface area contributed by atoms with Crippen LogP contribution in [0, 0.1) is 11.3 Å². The summed E-state index contributed by atoms with van der Waals surface area (Å²) in [7, 11) is 0. The van der Waals surface area contributed by atoms with E-state index in [1.54, 1.807) is 0 Å². The number of hydrogen-bond acceptors (Lipinski definition) is 0. The summed E-state index contributed by atoms with van der Waals surface area (Å²) in [5.74, 6) is 0.673. The molecular weight excluding hydrogens is 240 g/mol. The Morgan fingerprint density at radius 1 is 1.00 bits per heavy atom. The average molecular weight is 268 g/mol. The van der Waals surface area contributed by atoms with Crippen LogP contribution in [0.2, 0.25) is 0 Å². The maximum absolute atomic E-state index is 2.43. The van der Waals surface area contributed by atoms with Crippen molar-refractivity contribution in [3.8, 4) is 0 Å². The topological polar surface area (TPSA) is 0 Å². The monoisotopic (exact) mass is 268 g/mol. The molecule has 0 aromatic heterocycles. The minimum Gasteiger partial charge on any atom is -0.0806 e. The Morgan fingerprint density at radius 2 is 1.75 bits per heavy atom. The summed E-state index contributed by atoms with van der Waals surface area (Å²) in [6, 6.07) is 9.00. The number of rotatable bonds is 6. The summed E-state index contributed by atoms with van der Waals surface area (Å²) in [6.45, 7) is 6.98. The van der Waals surface area contributed by atoms with Gasteiger partial charge in [0.05, 0.1) is 0 Å². The van der Waals surface area contributed by atoms with E-state index in [0.29, 0.717) is 5.92 Å². The summed E-state index contributed by atoms with van der Waals surface area (Å²) in [6.07, 6.45) is 15.4. The minimum absolute atomic E-state index is 0.272. The summed E-state index contributed by atoms with van der Waals surface area (Å²) in [5, 5.41) is 0. The van der Waals surface area contributed by atoms with Gasteiger partial charge in [-0.05, 0) is 41.7 Å². The number of hydrogen-bond donors (Lipinski definition) is 0. The lowest BCUT2D eigenvalue weighted by molar-refractivity contribution is 0.284. The number of benzene rings is 1. The molecule has 0 bridgehead atoms. The normalized spacial score (nSPS) is 25.1. The molecule has 0 heterocycles. The van der Waals surface area contributed by atoms with E-state index in [4.69, 9.17) is 0 Å². The Bertz CT molecular complexity index is 481. The Morgan fingerprint density at radius 3 is 2.45 bits per heavy atom. The van der Waals surface area contributed by atoms with E-state index in [2.05, 4.69) is 69.3 Å². The molecule has 0 fully saturated rings. The molecule has 1 aromatic carbocycles. The van der Waals surface area contributed by atoms with Crippen LogP contribution in [-0.2, 0) is 12.8 Å². The molecule has 2 unspecified atom stereocenters. The van der Waals surface area contributed by atoms with Crippen LogP contribution in [0.1, 0.15) is 51.2 Å². The molecule has 1 aliphatic rings. The predicted octanol–water partition coefficient (Wildman–Crippen LogP) is 5.73. The van der Waals surface area contributed by atoms with Crippen molar-refractivity contribution in [1.29, 1.82) is 0 Å². The van der Waals surface area contributed by atoms with Crippen molar-refractivity contribution in [3.05, 3.63) is 59.7 Å². The summed E-state index contributed by atoms with van der Waals surface area (Å²) in [5.41, 5.74) is 3.35. The SMILES string of the molecule is CCCc1ccccc1CC1(C)C=CC=CC1CCC. The molecule has 1 aromatic rings. The fraction of sp³-hybridized carbons (Fsp3) is 0.500. The third-order valence-electron chi connectivity index (χ3n) is 4.59. The first-order valence-corrected chi connectivity index (χ1v) is 8.12. The second kappa shape index (κ2) is 6.92. The first kappa shape index (κ1) is 15.1. The van der Waals surface area contributed by atoms with Crippen molar-refractivity contribution in [1.82, 2.24) is 0 Å². The zero-order valence-electron chi connectivity index (χ0n) is 13.2. The first-order valence-electron chi connectivity index (χ1n) is 8.12. The number of allylic oxidation sites excluding steroid dienone is 4. The van der Waals surface area contributed by atoms with Gasteiger partial charge < -0.3 is 0 Å². The third-order valence-corrected chi connectivity index (χ3v) is 4.59. The fourth-order valence-corrected chi connectivity index (χ4v) is 3.40. The first-order chi connectivity index (χ1) is 9.69. The molecule has 0 radical (unpaired) electrons. The molecule has 0 N–H and O–H groups in total. The van der Waals surface area contributed by atoms with E-state index < -0.39 is 0 Å². The van der Waals surface area contributed by atoms with E-state index in [-0.39, 0.29) is 5.41 Å². The highest BCUT2D eigenvalue weighted by molar-refractivity contribution is 5.31. The number of aryl methyl sites for hydroxylation is 1. The maximum atomic E-state index is 2.43. The highest BCUT2D eigenvalue weighted by atomic mass is 14.3. The van der Waals surface area contributed by atoms with Crippen molar-refractivity contribution < 1.29 is 0 Å². The van der Waals surface area contributed by atoms with E-state index >= 15 is 0 Å². The van der Waals surface area contributed by atoms with Crippen molar-refractivity contribution >= 4 is 0 Å². The highest BCUT2D eigenvalue weighted by Crippen LogP contribution is 2.39. The molecule has 1 aliphatic carbocycles. The van der Waals surface area contributed by atoms with Gasteiger partial charge in [-0.15, -0.1) is 0 Å². The minimum atomic E-state index is 0.272. The standard InChI is InChI=1S/C20H28/c1-4-10-17-12-6-7-13-18(17)16-20(3)15-9-8-14-19(20)11-5-2/h6-9,12-15,19H,4-5,10-11,16H2,1-3H3. The van der Waals surface area contributed by atoms with Crippen LogP contribution >= 0.6 is 0 Å². The van der Waals surface area contributed by atoms with Crippen LogP contribution in [0.15, 0.2) is 48.6 Å². The van der Waals surface area contributed by atoms with Gasteiger partial charge in [-0.3, -0.25) is 0 Å². The van der Waals surface area contributed by atoms with Crippen LogP contribution in [0.5, 0.6) is 0 Å². The molecule has 2 rings (SSSR count). The smallest absolute Gasteiger partial charge is 0.00401 e. The summed E-state index contributed by atoms with van der Waals surface area (Å²) >= 11 is 0. The molecule has 108 valence electrons. The molecule has 0 saturated carbocycles. The van der Waals surface area contributed by atoms with Crippen LogP contribution in [0.4, 0.5) is 0 Å². The highest BCUT2D eigenvalue weighted by Gasteiger charge is 2.31. The Kier molecular flexibility index (Phi) is 5.23. The van der Waals surface area contributed by atoms with Gasteiger partial charge in [0.25, 0.3) is 0 Å². The largest absolute Gasteiger partial charge is 0.0806 e. The fourth-order valence-electron chi connectivity index (χ4n) is 3.40. The van der Waals surface area contributed by atoms with Crippen LogP contribution in [0.3, 0.4) is 0 Å². The zero-order valence-corrected chi connectivity index (χ0v) is 13.2. The lowest BCUT2D eigenvalue weighted by Crippen LogP contribution is -2.28. The third kappa shape index (κ3) is 3.42. The second-order valence-corrected chi connectivity index (χ2v) is 6.34. The van der Waals surface area contributed by atoms with Gasteiger partial charge in [-0.25, -0.2) is 0 Å². The Labute approximate surface area is 124 Å². The molecule has 0 saturated heterocycles. The summed E-state index contributed by atoms with van der Waals surface area (Å²) in [4.78, 5) is 0. The van der Waals surface area contributed by atoms with Crippen LogP contribution < -0.4 is 0 Å². The van der Waals surface area contributed by atoms with E-state index in [0.717, 1.165) is 6.42 Å². The lowest BCUT2D eigenvalue weighted by atomic mass is 9.68. The predicted molar refractivity (Wildman–Crippen MR) is 88.9 cm³/mol. The molecule has 20 heavy (non-hydrogen) atoms. The van der Waals surface area contributed by atoms with Crippen molar-refractivity contribution in [2.75, 3.05) is 0 Å². The zero-order chi connectivity index (χ0) is 14.4. The van der Waals surface area contributed by atoms with Gasteiger partial charge in [0.15, 0.2) is 0 Å². The van der Waals surface area contributed by atoms with Crippen LogP contribution in [0.25, 0.3) is 0 Å². The van der Waals surface area contributed by atoms with Gasteiger partial charge in [-0.2, -0.15) is 0 Å². The molecule has 0 amide bonds. The molecule has 0 spiro atoms. The van der Waals surface area contributed by atoms with Crippen molar-refractivity contribution in [2.24, 2.45) is 11.3 Å². The Hall–Kier alpha value is -1.30. The maximum Gasteiger partial charge on any atom is -0.00401 e. The molecule has 2 atom stereocenters. The molecule has 0 aliphatic heterocycles. The van der Waals surface area contributed by atoms with Crippen molar-refractivity contribution in [3.63, 3.8) is 0 Å². The van der Waals surface area contributed by atoms with E-state index in [9.17, 15) is 0 Å². The van der Waals surface area contributed by atoms with Gasteiger partial charge in [-0.1, -0.05) is 82.2 Å². The van der Waals surface area contributed by atoms with Gasteiger partial charge >= 0.3 is 0 Å².